The second-order valence-corrected chi connectivity index (χ2v) is 7.80. The lowest BCUT2D eigenvalue weighted by molar-refractivity contribution is 0.0990. The van der Waals surface area contributed by atoms with E-state index in [1.54, 1.807) is 35.6 Å². The first-order valence-corrected chi connectivity index (χ1v) is 10.6. The van der Waals surface area contributed by atoms with E-state index < -0.39 is 11.7 Å². The third-order valence-corrected chi connectivity index (χ3v) is 5.46. The number of rotatable bonds is 5. The number of anilines is 2. The standard InChI is InChI=1S/C25H19FN2O2S/c1-16-6-11-23(22(14-16)17-12-13-31-15-17)28-25(30)21-5-3-2-4-20(21)24(29)27-19-9-7-18(26)8-10-19/h2-15H,1H3,(H,27,29)(H,28,30). The molecule has 0 aliphatic rings. The second kappa shape index (κ2) is 8.93. The molecule has 0 fully saturated rings. The maximum absolute atomic E-state index is 13.1. The Morgan fingerprint density at radius 3 is 2.16 bits per heavy atom. The fourth-order valence-corrected chi connectivity index (χ4v) is 3.88. The number of aryl methyl sites for hydroxylation is 1. The van der Waals surface area contributed by atoms with Crippen molar-refractivity contribution in [3.8, 4) is 11.1 Å². The van der Waals surface area contributed by atoms with Crippen LogP contribution in [0.5, 0.6) is 0 Å². The lowest BCUT2D eigenvalue weighted by Gasteiger charge is -2.14. The van der Waals surface area contributed by atoms with E-state index in [1.807, 2.05) is 41.9 Å². The van der Waals surface area contributed by atoms with E-state index in [2.05, 4.69) is 10.6 Å². The Kier molecular flexibility index (Phi) is 5.91. The monoisotopic (exact) mass is 430 g/mol. The summed E-state index contributed by atoms with van der Waals surface area (Å²) in [7, 11) is 0. The SMILES string of the molecule is Cc1ccc(NC(=O)c2ccccc2C(=O)Nc2ccc(F)cc2)c(-c2ccsc2)c1. The molecular weight excluding hydrogens is 411 g/mol. The molecule has 6 heteroatoms. The van der Waals surface area contributed by atoms with Crippen LogP contribution in [0, 0.1) is 12.7 Å². The van der Waals surface area contributed by atoms with Gasteiger partial charge in [0, 0.05) is 16.9 Å². The molecule has 31 heavy (non-hydrogen) atoms. The maximum Gasteiger partial charge on any atom is 0.256 e. The Labute approximate surface area is 183 Å². The van der Waals surface area contributed by atoms with E-state index in [9.17, 15) is 14.0 Å². The normalized spacial score (nSPS) is 10.5. The Hall–Kier alpha value is -3.77. The Morgan fingerprint density at radius 2 is 1.52 bits per heavy atom. The molecule has 1 heterocycles. The van der Waals surface area contributed by atoms with Crippen molar-refractivity contribution < 1.29 is 14.0 Å². The zero-order valence-corrected chi connectivity index (χ0v) is 17.5. The summed E-state index contributed by atoms with van der Waals surface area (Å²) in [6.45, 7) is 2.00. The predicted octanol–water partition coefficient (Wildman–Crippen LogP) is 6.37. The van der Waals surface area contributed by atoms with Crippen molar-refractivity contribution >= 4 is 34.5 Å². The maximum atomic E-state index is 13.1. The van der Waals surface area contributed by atoms with E-state index in [4.69, 9.17) is 0 Å². The minimum atomic E-state index is -0.445. The minimum absolute atomic E-state index is 0.230. The van der Waals surface area contributed by atoms with Crippen molar-refractivity contribution in [2.45, 2.75) is 6.92 Å². The number of carbonyl (C=O) groups is 2. The fraction of sp³-hybridized carbons (Fsp3) is 0.0400. The van der Waals surface area contributed by atoms with Gasteiger partial charge in [-0.1, -0.05) is 23.8 Å². The van der Waals surface area contributed by atoms with Gasteiger partial charge in [-0.25, -0.2) is 4.39 Å². The lowest BCUT2D eigenvalue weighted by Crippen LogP contribution is -2.20. The lowest BCUT2D eigenvalue weighted by atomic mass is 10.0. The molecule has 0 spiro atoms. The molecule has 0 aliphatic carbocycles. The highest BCUT2D eigenvalue weighted by molar-refractivity contribution is 7.08. The molecule has 0 radical (unpaired) electrons. The van der Waals surface area contributed by atoms with Gasteiger partial charge < -0.3 is 10.6 Å². The minimum Gasteiger partial charge on any atom is -0.322 e. The number of halogens is 1. The van der Waals surface area contributed by atoms with Crippen LogP contribution in [0.25, 0.3) is 11.1 Å². The van der Waals surface area contributed by atoms with Gasteiger partial charge >= 0.3 is 0 Å². The summed E-state index contributed by atoms with van der Waals surface area (Å²) in [5.74, 6) is -1.22. The largest absolute Gasteiger partial charge is 0.322 e. The number of amides is 2. The predicted molar refractivity (Wildman–Crippen MR) is 123 cm³/mol. The van der Waals surface area contributed by atoms with Crippen LogP contribution in [0.2, 0.25) is 0 Å². The van der Waals surface area contributed by atoms with Crippen LogP contribution in [-0.2, 0) is 0 Å². The Morgan fingerprint density at radius 1 is 0.839 bits per heavy atom. The average molecular weight is 431 g/mol. The molecular formula is C25H19FN2O2S. The number of thiophene rings is 1. The number of hydrogen-bond donors (Lipinski definition) is 2. The van der Waals surface area contributed by atoms with Crippen LogP contribution < -0.4 is 10.6 Å². The summed E-state index contributed by atoms with van der Waals surface area (Å²) in [4.78, 5) is 25.9. The molecule has 4 rings (SSSR count). The van der Waals surface area contributed by atoms with Crippen LogP contribution in [0.4, 0.5) is 15.8 Å². The summed E-state index contributed by atoms with van der Waals surface area (Å²) in [6, 6.07) is 19.9. The van der Waals surface area contributed by atoms with E-state index in [0.29, 0.717) is 11.4 Å². The molecule has 0 atom stereocenters. The molecule has 4 aromatic rings. The topological polar surface area (TPSA) is 58.2 Å². The number of carbonyl (C=O) groups excluding carboxylic acids is 2. The van der Waals surface area contributed by atoms with Crippen LogP contribution in [0.15, 0.2) is 83.6 Å². The number of benzene rings is 3. The smallest absolute Gasteiger partial charge is 0.256 e. The zero-order chi connectivity index (χ0) is 21.8. The van der Waals surface area contributed by atoms with Crippen LogP contribution in [0.3, 0.4) is 0 Å². The molecule has 0 saturated heterocycles. The van der Waals surface area contributed by atoms with Crippen molar-refractivity contribution in [2.24, 2.45) is 0 Å². The van der Waals surface area contributed by atoms with Gasteiger partial charge in [0.2, 0.25) is 0 Å². The van der Waals surface area contributed by atoms with Gasteiger partial charge in [0.05, 0.1) is 11.1 Å². The van der Waals surface area contributed by atoms with Crippen LogP contribution >= 0.6 is 11.3 Å². The van der Waals surface area contributed by atoms with Crippen molar-refractivity contribution in [2.75, 3.05) is 10.6 Å². The first-order chi connectivity index (χ1) is 15.0. The van der Waals surface area contributed by atoms with Crippen LogP contribution in [-0.4, -0.2) is 11.8 Å². The molecule has 0 unspecified atom stereocenters. The molecule has 2 amide bonds. The summed E-state index contributed by atoms with van der Waals surface area (Å²) in [5.41, 5.74) is 4.61. The van der Waals surface area contributed by atoms with E-state index in [-0.39, 0.29) is 17.0 Å². The Bertz CT molecular complexity index is 1230. The van der Waals surface area contributed by atoms with Gasteiger partial charge in [0.25, 0.3) is 11.8 Å². The van der Waals surface area contributed by atoms with Gasteiger partial charge in [0.1, 0.15) is 5.82 Å². The summed E-state index contributed by atoms with van der Waals surface area (Å²) < 4.78 is 13.1. The molecule has 2 N–H and O–H groups in total. The van der Waals surface area contributed by atoms with E-state index >= 15 is 0 Å². The molecule has 154 valence electrons. The first-order valence-electron chi connectivity index (χ1n) is 9.62. The fourth-order valence-electron chi connectivity index (χ4n) is 3.22. The van der Waals surface area contributed by atoms with Gasteiger partial charge in [-0.05, 0) is 77.8 Å². The van der Waals surface area contributed by atoms with Gasteiger partial charge in [-0.15, -0.1) is 0 Å². The number of hydrogen-bond acceptors (Lipinski definition) is 3. The van der Waals surface area contributed by atoms with Crippen LogP contribution in [0.1, 0.15) is 26.3 Å². The van der Waals surface area contributed by atoms with E-state index in [1.165, 1.54) is 24.3 Å². The van der Waals surface area contributed by atoms with Crippen molar-refractivity contribution in [1.82, 2.24) is 0 Å². The highest BCUT2D eigenvalue weighted by Gasteiger charge is 2.18. The molecule has 0 aliphatic heterocycles. The first kappa shape index (κ1) is 20.5. The van der Waals surface area contributed by atoms with Crippen molar-refractivity contribution in [3.63, 3.8) is 0 Å². The summed E-state index contributed by atoms with van der Waals surface area (Å²) >= 11 is 1.58. The molecule has 4 nitrogen and oxygen atoms in total. The summed E-state index contributed by atoms with van der Waals surface area (Å²) in [6.07, 6.45) is 0. The molecule has 3 aromatic carbocycles. The highest BCUT2D eigenvalue weighted by Crippen LogP contribution is 2.31. The molecule has 0 bridgehead atoms. The van der Waals surface area contributed by atoms with Crippen molar-refractivity contribution in [3.05, 3.63) is 106 Å². The Balaban J connectivity index is 1.61. The third kappa shape index (κ3) is 4.70. The summed E-state index contributed by atoms with van der Waals surface area (Å²) in [5, 5.41) is 9.65. The van der Waals surface area contributed by atoms with E-state index in [0.717, 1.165) is 16.7 Å². The van der Waals surface area contributed by atoms with Gasteiger partial charge in [0.15, 0.2) is 0 Å². The molecule has 1 aromatic heterocycles. The highest BCUT2D eigenvalue weighted by atomic mass is 32.1. The van der Waals surface area contributed by atoms with Gasteiger partial charge in [-0.2, -0.15) is 11.3 Å². The third-order valence-electron chi connectivity index (χ3n) is 4.77. The average Bonchev–Trinajstić information content (AvgIpc) is 3.31. The zero-order valence-electron chi connectivity index (χ0n) is 16.7. The second-order valence-electron chi connectivity index (χ2n) is 7.02. The van der Waals surface area contributed by atoms with Gasteiger partial charge in [-0.3, -0.25) is 9.59 Å². The molecule has 0 saturated carbocycles. The van der Waals surface area contributed by atoms with Crippen molar-refractivity contribution in [1.29, 1.82) is 0 Å². The number of nitrogens with one attached hydrogen (secondary N) is 2. The quantitative estimate of drug-likeness (QED) is 0.387.